The van der Waals surface area contributed by atoms with Gasteiger partial charge in [0.2, 0.25) is 5.91 Å². The third kappa shape index (κ3) is 6.00. The number of carbonyl (C=O) groups is 1. The van der Waals surface area contributed by atoms with Crippen LogP contribution in [0.5, 0.6) is 0 Å². The lowest BCUT2D eigenvalue weighted by molar-refractivity contribution is -0.181. The summed E-state index contributed by atoms with van der Waals surface area (Å²) in [5.41, 5.74) is -0.520. The summed E-state index contributed by atoms with van der Waals surface area (Å²) in [5.74, 6) is -5.04. The van der Waals surface area contributed by atoms with Crippen LogP contribution in [0.4, 0.5) is 32.0 Å². The number of hydrogen-bond donors (Lipinski definition) is 2. The van der Waals surface area contributed by atoms with E-state index in [1.54, 1.807) is 11.8 Å². The number of nitrogens with one attached hydrogen (secondary N) is 2. The molecule has 0 spiro atoms. The van der Waals surface area contributed by atoms with Gasteiger partial charge in [-0.25, -0.2) is 18.2 Å². The van der Waals surface area contributed by atoms with Gasteiger partial charge < -0.3 is 15.5 Å². The van der Waals surface area contributed by atoms with Crippen LogP contribution in [-0.2, 0) is 4.79 Å². The third-order valence-electron chi connectivity index (χ3n) is 4.65. The molecule has 1 atom stereocenters. The largest absolute Gasteiger partial charge is 0.403 e. The Morgan fingerprint density at radius 1 is 1.13 bits per heavy atom. The Morgan fingerprint density at radius 2 is 1.77 bits per heavy atom. The van der Waals surface area contributed by atoms with Gasteiger partial charge >= 0.3 is 6.18 Å². The highest BCUT2D eigenvalue weighted by atomic mass is 19.4. The lowest BCUT2D eigenvalue weighted by atomic mass is 10.2. The second-order valence-corrected chi connectivity index (χ2v) is 6.68. The lowest BCUT2D eigenvalue weighted by Crippen LogP contribution is -2.56. The van der Waals surface area contributed by atoms with Crippen LogP contribution in [0.1, 0.15) is 13.8 Å². The summed E-state index contributed by atoms with van der Waals surface area (Å²) in [6, 6.07) is 0.0145. The Morgan fingerprint density at radius 3 is 2.33 bits per heavy atom. The molecule has 168 valence electrons. The number of guanidine groups is 1. The SMILES string of the molecule is CCNC(=NCC(=O)Nc1ccc(F)c(F)c1F)N1CCN(C(C)C(F)(F)F)CC1. The van der Waals surface area contributed by atoms with E-state index in [4.69, 9.17) is 0 Å². The summed E-state index contributed by atoms with van der Waals surface area (Å²) in [6.45, 7) is 3.77. The Bertz CT molecular complexity index is 777. The fourth-order valence-electron chi connectivity index (χ4n) is 2.91. The first-order valence-electron chi connectivity index (χ1n) is 9.32. The van der Waals surface area contributed by atoms with Crippen molar-refractivity contribution < 1.29 is 31.1 Å². The van der Waals surface area contributed by atoms with E-state index in [0.717, 1.165) is 13.0 Å². The number of rotatable bonds is 5. The van der Waals surface area contributed by atoms with E-state index in [0.29, 0.717) is 18.6 Å². The number of aliphatic imine (C=N–C) groups is 1. The van der Waals surface area contributed by atoms with Crippen molar-refractivity contribution in [2.45, 2.75) is 26.1 Å². The highest BCUT2D eigenvalue weighted by Crippen LogP contribution is 2.25. The monoisotopic (exact) mass is 439 g/mol. The molecule has 12 heteroatoms. The molecule has 1 saturated heterocycles. The van der Waals surface area contributed by atoms with Gasteiger partial charge in [0.15, 0.2) is 23.4 Å². The number of anilines is 1. The van der Waals surface area contributed by atoms with Gasteiger partial charge in [0.25, 0.3) is 0 Å². The van der Waals surface area contributed by atoms with Crippen molar-refractivity contribution in [3.63, 3.8) is 0 Å². The first-order chi connectivity index (χ1) is 14.0. The van der Waals surface area contributed by atoms with Crippen LogP contribution < -0.4 is 10.6 Å². The first kappa shape index (κ1) is 23.8. The zero-order chi connectivity index (χ0) is 22.5. The molecule has 1 aliphatic rings. The van der Waals surface area contributed by atoms with E-state index < -0.39 is 47.8 Å². The van der Waals surface area contributed by atoms with E-state index >= 15 is 0 Å². The number of halogens is 6. The van der Waals surface area contributed by atoms with Gasteiger partial charge in [-0.3, -0.25) is 9.69 Å². The van der Waals surface area contributed by atoms with Crippen molar-refractivity contribution in [3.8, 4) is 0 Å². The molecule has 0 radical (unpaired) electrons. The Hall–Kier alpha value is -2.50. The van der Waals surface area contributed by atoms with Crippen LogP contribution >= 0.6 is 0 Å². The van der Waals surface area contributed by atoms with Crippen molar-refractivity contribution in [1.82, 2.24) is 15.1 Å². The third-order valence-corrected chi connectivity index (χ3v) is 4.65. The molecule has 6 nitrogen and oxygen atoms in total. The number of piperazine rings is 1. The predicted molar refractivity (Wildman–Crippen MR) is 99.6 cm³/mol. The molecule has 1 fully saturated rings. The molecule has 1 aromatic rings. The van der Waals surface area contributed by atoms with E-state index in [9.17, 15) is 31.1 Å². The van der Waals surface area contributed by atoms with Gasteiger partial charge in [0, 0.05) is 32.7 Å². The average Bonchev–Trinajstić information content (AvgIpc) is 2.70. The quantitative estimate of drug-likeness (QED) is 0.321. The fraction of sp³-hybridized carbons (Fsp3) is 0.556. The van der Waals surface area contributed by atoms with Crippen LogP contribution in [0.25, 0.3) is 0 Å². The Kier molecular flexibility index (Phi) is 7.93. The molecular formula is C18H23F6N5O. The van der Waals surface area contributed by atoms with Gasteiger partial charge in [-0.05, 0) is 26.0 Å². The van der Waals surface area contributed by atoms with Crippen molar-refractivity contribution in [2.24, 2.45) is 4.99 Å². The van der Waals surface area contributed by atoms with Gasteiger partial charge in [-0.15, -0.1) is 0 Å². The van der Waals surface area contributed by atoms with Gasteiger partial charge in [0.1, 0.15) is 12.6 Å². The molecule has 1 heterocycles. The lowest BCUT2D eigenvalue weighted by Gasteiger charge is -2.39. The number of carbonyl (C=O) groups excluding carboxylic acids is 1. The second-order valence-electron chi connectivity index (χ2n) is 6.68. The minimum atomic E-state index is -4.31. The molecular weight excluding hydrogens is 416 g/mol. The second kappa shape index (κ2) is 10.0. The molecule has 0 aromatic heterocycles. The number of hydrogen-bond acceptors (Lipinski definition) is 3. The van der Waals surface area contributed by atoms with Gasteiger partial charge in [-0.1, -0.05) is 0 Å². The molecule has 2 rings (SSSR count). The van der Waals surface area contributed by atoms with Crippen molar-refractivity contribution in [1.29, 1.82) is 0 Å². The number of benzene rings is 1. The summed E-state index contributed by atoms with van der Waals surface area (Å²) in [7, 11) is 0. The normalized spacial score (nSPS) is 17.1. The van der Waals surface area contributed by atoms with Gasteiger partial charge in [0.05, 0.1) is 5.69 Å². The zero-order valence-electron chi connectivity index (χ0n) is 16.5. The topological polar surface area (TPSA) is 60.0 Å². The molecule has 1 aliphatic heterocycles. The fourth-order valence-corrected chi connectivity index (χ4v) is 2.91. The van der Waals surface area contributed by atoms with Crippen molar-refractivity contribution in [2.75, 3.05) is 44.6 Å². The minimum absolute atomic E-state index is 0.164. The summed E-state index contributed by atoms with van der Waals surface area (Å²) < 4.78 is 78.4. The summed E-state index contributed by atoms with van der Waals surface area (Å²) in [6.07, 6.45) is -4.31. The maximum Gasteiger partial charge on any atom is 0.403 e. The summed E-state index contributed by atoms with van der Waals surface area (Å²) in [4.78, 5) is 19.2. The first-order valence-corrected chi connectivity index (χ1v) is 9.32. The highest BCUT2D eigenvalue weighted by molar-refractivity contribution is 5.94. The predicted octanol–water partition coefficient (Wildman–Crippen LogP) is 2.58. The van der Waals surface area contributed by atoms with Crippen LogP contribution in [-0.4, -0.2) is 73.2 Å². The average molecular weight is 439 g/mol. The molecule has 0 bridgehead atoms. The molecule has 1 aromatic carbocycles. The van der Waals surface area contributed by atoms with Crippen LogP contribution in [0.15, 0.2) is 17.1 Å². The minimum Gasteiger partial charge on any atom is -0.357 e. The van der Waals surface area contributed by atoms with Crippen molar-refractivity contribution in [3.05, 3.63) is 29.6 Å². The smallest absolute Gasteiger partial charge is 0.357 e. The molecule has 0 aliphatic carbocycles. The Balaban J connectivity index is 1.98. The van der Waals surface area contributed by atoms with Gasteiger partial charge in [-0.2, -0.15) is 13.2 Å². The summed E-state index contributed by atoms with van der Waals surface area (Å²) in [5, 5.41) is 5.06. The summed E-state index contributed by atoms with van der Waals surface area (Å²) >= 11 is 0. The van der Waals surface area contributed by atoms with E-state index in [-0.39, 0.29) is 26.2 Å². The van der Waals surface area contributed by atoms with Crippen molar-refractivity contribution >= 4 is 17.6 Å². The van der Waals surface area contributed by atoms with E-state index in [1.165, 1.54) is 4.90 Å². The number of amides is 1. The van der Waals surface area contributed by atoms with Crippen LogP contribution in [0.2, 0.25) is 0 Å². The van der Waals surface area contributed by atoms with E-state index in [1.807, 2.05) is 0 Å². The zero-order valence-corrected chi connectivity index (χ0v) is 16.5. The van der Waals surface area contributed by atoms with Crippen LogP contribution in [0, 0.1) is 17.5 Å². The number of nitrogens with zero attached hydrogens (tertiary/aromatic N) is 3. The van der Waals surface area contributed by atoms with E-state index in [2.05, 4.69) is 15.6 Å². The van der Waals surface area contributed by atoms with Crippen LogP contribution in [0.3, 0.4) is 0 Å². The molecule has 30 heavy (non-hydrogen) atoms. The number of alkyl halides is 3. The molecule has 0 saturated carbocycles. The maximum atomic E-state index is 13.6. The highest BCUT2D eigenvalue weighted by Gasteiger charge is 2.41. The molecule has 1 unspecified atom stereocenters. The Labute approximate surface area is 169 Å². The molecule has 2 N–H and O–H groups in total. The molecule has 1 amide bonds. The standard InChI is InChI=1S/C18H23F6N5O/c1-3-25-17(29-8-6-28(7-9-29)11(2)18(22,23)24)26-10-14(30)27-13-5-4-12(19)15(20)16(13)21/h4-5,11H,3,6-10H2,1-2H3,(H,25,26)(H,27,30). The maximum absolute atomic E-state index is 13.6.